The van der Waals surface area contributed by atoms with Crippen molar-refractivity contribution in [2.45, 2.75) is 6.54 Å². The maximum absolute atomic E-state index is 10.6. The van der Waals surface area contributed by atoms with Gasteiger partial charge in [0.05, 0.1) is 17.4 Å². The lowest BCUT2D eigenvalue weighted by Gasteiger charge is -1.92. The zero-order chi connectivity index (χ0) is 12.4. The van der Waals surface area contributed by atoms with Crippen molar-refractivity contribution in [2.24, 2.45) is 0 Å². The van der Waals surface area contributed by atoms with Gasteiger partial charge >= 0.3 is 11.8 Å². The van der Waals surface area contributed by atoms with E-state index >= 15 is 0 Å². The van der Waals surface area contributed by atoms with Crippen LogP contribution < -0.4 is 0 Å². The number of rotatable bonds is 4. The first-order valence-corrected chi connectivity index (χ1v) is 4.56. The first-order valence-electron chi connectivity index (χ1n) is 4.56. The minimum Gasteiger partial charge on any atom is -0.475 e. The molecule has 0 aromatic carbocycles. The average molecular weight is 237 g/mol. The third-order valence-corrected chi connectivity index (χ3v) is 2.00. The van der Waals surface area contributed by atoms with E-state index < -0.39 is 10.9 Å². The van der Waals surface area contributed by atoms with Crippen LogP contribution in [0.2, 0.25) is 0 Å². The summed E-state index contributed by atoms with van der Waals surface area (Å²) in [5, 5.41) is 22.7. The van der Waals surface area contributed by atoms with Gasteiger partial charge in [-0.15, -0.1) is 0 Å². The van der Waals surface area contributed by atoms with Gasteiger partial charge in [-0.25, -0.2) is 4.79 Å². The van der Waals surface area contributed by atoms with E-state index in [1.807, 2.05) is 0 Å². The number of nitrogens with zero attached hydrogens (tertiary/aromatic N) is 3. The molecule has 0 fully saturated rings. The molecule has 2 heterocycles. The molecule has 2 rings (SSSR count). The lowest BCUT2D eigenvalue weighted by Crippen LogP contribution is -2.00. The molecule has 2 aromatic rings. The molecule has 0 amide bonds. The van der Waals surface area contributed by atoms with Crippen molar-refractivity contribution >= 4 is 11.8 Å². The van der Waals surface area contributed by atoms with Crippen molar-refractivity contribution in [3.8, 4) is 0 Å². The van der Waals surface area contributed by atoms with E-state index in [-0.39, 0.29) is 18.1 Å². The second-order valence-electron chi connectivity index (χ2n) is 3.20. The molecule has 0 bridgehead atoms. The highest BCUT2D eigenvalue weighted by atomic mass is 16.6. The quantitative estimate of drug-likeness (QED) is 0.630. The molecular weight excluding hydrogens is 230 g/mol. The topological polar surface area (TPSA) is 111 Å². The summed E-state index contributed by atoms with van der Waals surface area (Å²) in [4.78, 5) is 20.3. The van der Waals surface area contributed by atoms with Crippen LogP contribution in [-0.4, -0.2) is 25.8 Å². The van der Waals surface area contributed by atoms with Crippen molar-refractivity contribution in [3.05, 3.63) is 46.0 Å². The van der Waals surface area contributed by atoms with Crippen LogP contribution >= 0.6 is 0 Å². The van der Waals surface area contributed by atoms with Gasteiger partial charge in [-0.2, -0.15) is 4.68 Å². The second kappa shape index (κ2) is 4.08. The highest BCUT2D eigenvalue weighted by molar-refractivity contribution is 5.84. The third-order valence-electron chi connectivity index (χ3n) is 2.00. The minimum absolute atomic E-state index is 0.140. The summed E-state index contributed by atoms with van der Waals surface area (Å²) in [5.41, 5.74) is 0. The summed E-state index contributed by atoms with van der Waals surface area (Å²) in [7, 11) is 0. The number of furan rings is 1. The molecule has 8 nitrogen and oxygen atoms in total. The van der Waals surface area contributed by atoms with Gasteiger partial charge in [-0.3, -0.25) is 0 Å². The van der Waals surface area contributed by atoms with Crippen LogP contribution in [0.25, 0.3) is 0 Å². The van der Waals surface area contributed by atoms with E-state index in [0.29, 0.717) is 5.76 Å². The molecule has 0 aliphatic heterocycles. The highest BCUT2D eigenvalue weighted by Gasteiger charge is 2.13. The Morgan fingerprint density at radius 2 is 2.29 bits per heavy atom. The fraction of sp³-hybridized carbons (Fsp3) is 0.111. The van der Waals surface area contributed by atoms with Crippen molar-refractivity contribution in [3.63, 3.8) is 0 Å². The van der Waals surface area contributed by atoms with Crippen LogP contribution in [-0.2, 0) is 6.54 Å². The van der Waals surface area contributed by atoms with E-state index in [2.05, 4.69) is 5.10 Å². The van der Waals surface area contributed by atoms with Crippen LogP contribution in [0, 0.1) is 10.1 Å². The number of carbonyl (C=O) groups is 1. The first kappa shape index (κ1) is 10.9. The number of nitro groups is 1. The van der Waals surface area contributed by atoms with Crippen molar-refractivity contribution in [1.29, 1.82) is 0 Å². The molecule has 0 aliphatic rings. The summed E-state index contributed by atoms with van der Waals surface area (Å²) in [6.07, 6.45) is 1.42. The third kappa shape index (κ3) is 2.30. The Kier molecular flexibility index (Phi) is 2.61. The molecule has 0 unspecified atom stereocenters. The lowest BCUT2D eigenvalue weighted by atomic mass is 10.4. The second-order valence-corrected chi connectivity index (χ2v) is 3.20. The molecule has 0 saturated carbocycles. The van der Waals surface area contributed by atoms with Gasteiger partial charge in [-0.05, 0) is 17.1 Å². The van der Waals surface area contributed by atoms with E-state index in [4.69, 9.17) is 9.52 Å². The van der Waals surface area contributed by atoms with Gasteiger partial charge in [0.25, 0.3) is 0 Å². The maximum Gasteiger partial charge on any atom is 0.389 e. The van der Waals surface area contributed by atoms with E-state index in [1.165, 1.54) is 29.1 Å². The van der Waals surface area contributed by atoms with Gasteiger partial charge in [0.1, 0.15) is 12.3 Å². The van der Waals surface area contributed by atoms with Crippen molar-refractivity contribution in [2.75, 3.05) is 0 Å². The Labute approximate surface area is 94.2 Å². The van der Waals surface area contributed by atoms with Crippen LogP contribution in [0.15, 0.2) is 28.8 Å². The summed E-state index contributed by atoms with van der Waals surface area (Å²) >= 11 is 0. The van der Waals surface area contributed by atoms with Crippen molar-refractivity contribution < 1.29 is 19.2 Å². The van der Waals surface area contributed by atoms with Gasteiger partial charge < -0.3 is 19.6 Å². The Balaban J connectivity index is 2.13. The molecular formula is C9H7N3O5. The molecule has 8 heteroatoms. The molecule has 0 spiro atoms. The van der Waals surface area contributed by atoms with Gasteiger partial charge in [0, 0.05) is 0 Å². The van der Waals surface area contributed by atoms with Gasteiger partial charge in [0.2, 0.25) is 5.76 Å². The first-order chi connectivity index (χ1) is 8.06. The zero-order valence-electron chi connectivity index (χ0n) is 8.44. The molecule has 2 aromatic heterocycles. The van der Waals surface area contributed by atoms with Crippen LogP contribution in [0.4, 0.5) is 5.82 Å². The molecule has 0 atom stereocenters. The summed E-state index contributed by atoms with van der Waals surface area (Å²) in [6, 6.07) is 4.05. The number of carboxylic acid groups (broad SMARTS) is 1. The number of aromatic carboxylic acids is 1. The van der Waals surface area contributed by atoms with Gasteiger partial charge in [-0.1, -0.05) is 0 Å². The van der Waals surface area contributed by atoms with Crippen LogP contribution in [0.5, 0.6) is 0 Å². The smallest absolute Gasteiger partial charge is 0.389 e. The van der Waals surface area contributed by atoms with E-state index in [0.717, 1.165) is 0 Å². The zero-order valence-corrected chi connectivity index (χ0v) is 8.44. The Bertz CT molecular complexity index is 520. The lowest BCUT2D eigenvalue weighted by molar-refractivity contribution is -0.389. The number of aromatic nitrogens is 2. The SMILES string of the molecule is O=C(O)c1ccc(Cn2ccc([N+](=O)[O-])n2)o1. The number of carboxylic acids is 1. The predicted octanol–water partition coefficient (Wildman–Crippen LogP) is 1.13. The molecule has 0 saturated heterocycles. The largest absolute Gasteiger partial charge is 0.475 e. The monoisotopic (exact) mass is 237 g/mol. The minimum atomic E-state index is -1.16. The molecule has 0 radical (unpaired) electrons. The average Bonchev–Trinajstić information content (AvgIpc) is 2.87. The molecule has 0 aliphatic carbocycles. The van der Waals surface area contributed by atoms with E-state index in [9.17, 15) is 14.9 Å². The van der Waals surface area contributed by atoms with Gasteiger partial charge in [0.15, 0.2) is 0 Å². The fourth-order valence-electron chi connectivity index (χ4n) is 1.27. The van der Waals surface area contributed by atoms with Crippen molar-refractivity contribution in [1.82, 2.24) is 9.78 Å². The normalized spacial score (nSPS) is 10.4. The Hall–Kier alpha value is -2.64. The summed E-state index contributed by atoms with van der Waals surface area (Å²) in [5.74, 6) is -1.25. The standard InChI is InChI=1S/C9H7N3O5/c13-9(14)7-2-1-6(17-7)5-11-4-3-8(10-11)12(15)16/h1-4H,5H2,(H,13,14). The number of hydrogen-bond donors (Lipinski definition) is 1. The summed E-state index contributed by atoms with van der Waals surface area (Å²) in [6.45, 7) is 0.140. The Morgan fingerprint density at radius 3 is 2.82 bits per heavy atom. The fourth-order valence-corrected chi connectivity index (χ4v) is 1.27. The molecule has 17 heavy (non-hydrogen) atoms. The Morgan fingerprint density at radius 1 is 1.53 bits per heavy atom. The predicted molar refractivity (Wildman–Crippen MR) is 53.7 cm³/mol. The van der Waals surface area contributed by atoms with Crippen LogP contribution in [0.3, 0.4) is 0 Å². The maximum atomic E-state index is 10.6. The number of hydrogen-bond acceptors (Lipinski definition) is 5. The summed E-state index contributed by atoms with van der Waals surface area (Å²) < 4.78 is 6.28. The molecule has 1 N–H and O–H groups in total. The highest BCUT2D eigenvalue weighted by Crippen LogP contribution is 2.11. The van der Waals surface area contributed by atoms with Crippen LogP contribution in [0.1, 0.15) is 16.3 Å². The molecule has 88 valence electrons. The van der Waals surface area contributed by atoms with E-state index in [1.54, 1.807) is 0 Å².